The van der Waals surface area contributed by atoms with Crippen molar-refractivity contribution in [3.63, 3.8) is 0 Å². The highest BCUT2D eigenvalue weighted by molar-refractivity contribution is 5.86. The summed E-state index contributed by atoms with van der Waals surface area (Å²) in [5.74, 6) is 0. The van der Waals surface area contributed by atoms with Crippen LogP contribution in [0.4, 0.5) is 0 Å². The summed E-state index contributed by atoms with van der Waals surface area (Å²) in [4.78, 5) is 0. The summed E-state index contributed by atoms with van der Waals surface area (Å²) >= 11 is 0. The lowest BCUT2D eigenvalue weighted by atomic mass is 9.36. The van der Waals surface area contributed by atoms with Crippen molar-refractivity contribution in [3.05, 3.63) is 58.7 Å². The number of benzene rings is 2. The quantitative estimate of drug-likeness (QED) is 0.590. The van der Waals surface area contributed by atoms with Crippen LogP contribution in [0, 0.1) is 10.8 Å². The van der Waals surface area contributed by atoms with Gasteiger partial charge in [-0.3, -0.25) is 0 Å². The van der Waals surface area contributed by atoms with Crippen LogP contribution in [0.2, 0.25) is 0 Å². The van der Waals surface area contributed by atoms with Crippen molar-refractivity contribution < 1.29 is 0 Å². The van der Waals surface area contributed by atoms with Crippen LogP contribution in [0.3, 0.4) is 0 Å². The molecule has 1 spiro atoms. The van der Waals surface area contributed by atoms with Crippen molar-refractivity contribution in [1.29, 1.82) is 0 Å². The zero-order valence-electron chi connectivity index (χ0n) is 16.1. The van der Waals surface area contributed by atoms with E-state index in [-0.39, 0.29) is 5.41 Å². The maximum Gasteiger partial charge on any atom is 0.0317 e. The van der Waals surface area contributed by atoms with Crippen LogP contribution in [0.15, 0.2) is 36.4 Å². The molecular weight excluding hydrogens is 288 g/mol. The predicted octanol–water partition coefficient (Wildman–Crippen LogP) is 6.53. The minimum Gasteiger partial charge on any atom is -0.0619 e. The van der Waals surface area contributed by atoms with Crippen molar-refractivity contribution in [2.24, 2.45) is 10.8 Å². The maximum absolute atomic E-state index is 2.48. The van der Waals surface area contributed by atoms with Gasteiger partial charge in [-0.25, -0.2) is 0 Å². The third kappa shape index (κ3) is 1.56. The Hall–Kier alpha value is -1.56. The van der Waals surface area contributed by atoms with Crippen molar-refractivity contribution in [2.45, 2.75) is 66.2 Å². The van der Waals surface area contributed by atoms with Crippen LogP contribution < -0.4 is 0 Å². The van der Waals surface area contributed by atoms with E-state index in [1.165, 1.54) is 17.5 Å². The molecule has 0 aromatic heterocycles. The molecule has 0 unspecified atom stereocenters. The fourth-order valence-electron chi connectivity index (χ4n) is 6.86. The molecule has 0 heteroatoms. The minimum absolute atomic E-state index is 0.155. The van der Waals surface area contributed by atoms with Gasteiger partial charge in [0.2, 0.25) is 0 Å². The highest BCUT2D eigenvalue weighted by Crippen LogP contribution is 2.75. The van der Waals surface area contributed by atoms with E-state index in [0.29, 0.717) is 10.8 Å². The third-order valence-electron chi connectivity index (χ3n) is 7.06. The summed E-state index contributed by atoms with van der Waals surface area (Å²) in [5, 5.41) is 0. The molecule has 0 amide bonds. The molecule has 0 aliphatic heterocycles. The van der Waals surface area contributed by atoms with Gasteiger partial charge in [0.1, 0.15) is 0 Å². The molecule has 0 radical (unpaired) electrons. The van der Waals surface area contributed by atoms with Gasteiger partial charge in [-0.15, -0.1) is 0 Å². The Balaban J connectivity index is 2.16. The fourth-order valence-corrected chi connectivity index (χ4v) is 6.86. The van der Waals surface area contributed by atoms with Gasteiger partial charge in [-0.1, -0.05) is 77.9 Å². The molecule has 4 rings (SSSR count). The van der Waals surface area contributed by atoms with Gasteiger partial charge in [0.05, 0.1) is 0 Å². The van der Waals surface area contributed by atoms with Crippen LogP contribution in [0.25, 0.3) is 11.1 Å². The van der Waals surface area contributed by atoms with Crippen LogP contribution in [-0.2, 0) is 18.3 Å². The van der Waals surface area contributed by atoms with E-state index in [4.69, 9.17) is 0 Å². The predicted molar refractivity (Wildman–Crippen MR) is 104 cm³/mol. The Morgan fingerprint density at radius 3 is 2.04 bits per heavy atom. The highest BCUT2D eigenvalue weighted by atomic mass is 14.7. The maximum atomic E-state index is 2.48. The second-order valence-electron chi connectivity index (χ2n) is 9.07. The molecule has 0 N–H and O–H groups in total. The largest absolute Gasteiger partial charge is 0.0619 e. The van der Waals surface area contributed by atoms with E-state index >= 15 is 0 Å². The summed E-state index contributed by atoms with van der Waals surface area (Å²) in [6.45, 7) is 14.5. The first-order chi connectivity index (χ1) is 11.3. The minimum atomic E-state index is 0.155. The number of aryl methyl sites for hydroxylation is 1. The Bertz CT molecular complexity index is 806. The number of hydrogen-bond donors (Lipinski definition) is 0. The Labute approximate surface area is 147 Å². The Morgan fingerprint density at radius 2 is 1.46 bits per heavy atom. The van der Waals surface area contributed by atoms with Gasteiger partial charge in [0.25, 0.3) is 0 Å². The lowest BCUT2D eigenvalue weighted by Gasteiger charge is -2.67. The topological polar surface area (TPSA) is 0 Å². The molecule has 24 heavy (non-hydrogen) atoms. The Morgan fingerprint density at radius 1 is 0.792 bits per heavy atom. The summed E-state index contributed by atoms with van der Waals surface area (Å²) < 4.78 is 0. The van der Waals surface area contributed by atoms with Gasteiger partial charge in [0.15, 0.2) is 0 Å². The van der Waals surface area contributed by atoms with E-state index in [1.807, 2.05) is 0 Å². The van der Waals surface area contributed by atoms with E-state index < -0.39 is 0 Å². The molecule has 2 aromatic rings. The second-order valence-corrected chi connectivity index (χ2v) is 9.07. The summed E-state index contributed by atoms with van der Waals surface area (Å²) in [6, 6.07) is 14.1. The van der Waals surface area contributed by atoms with Gasteiger partial charge >= 0.3 is 0 Å². The van der Waals surface area contributed by atoms with Crippen LogP contribution in [-0.4, -0.2) is 0 Å². The average Bonchev–Trinajstić information content (AvgIpc) is 2.86. The molecule has 0 nitrogen and oxygen atoms in total. The third-order valence-corrected chi connectivity index (χ3v) is 7.06. The molecule has 2 aromatic carbocycles. The van der Waals surface area contributed by atoms with Crippen molar-refractivity contribution in [3.8, 4) is 11.1 Å². The molecule has 0 saturated heterocycles. The Kier molecular flexibility index (Phi) is 3.15. The summed E-state index contributed by atoms with van der Waals surface area (Å²) in [5.41, 5.74) is 10.1. The first kappa shape index (κ1) is 15.9. The molecule has 2 aliphatic rings. The first-order valence-corrected chi connectivity index (χ1v) is 9.57. The second kappa shape index (κ2) is 4.75. The standard InChI is InChI=1S/C24H30/c1-7-16-13-14-20-21(17(16)8-2)18-11-9-10-12-19(18)24(20)22(3,4)15-23(24,5)6/h9-14H,7-8,15H2,1-6H3. The average molecular weight is 319 g/mol. The van der Waals surface area contributed by atoms with Crippen LogP contribution in [0.1, 0.15) is 70.2 Å². The van der Waals surface area contributed by atoms with Gasteiger partial charge in [-0.05, 0) is 63.5 Å². The smallest absolute Gasteiger partial charge is 0.0317 e. The lowest BCUT2D eigenvalue weighted by molar-refractivity contribution is -0.0858. The summed E-state index contributed by atoms with van der Waals surface area (Å²) in [6.07, 6.45) is 3.53. The zero-order valence-corrected chi connectivity index (χ0v) is 16.1. The SMILES string of the molecule is CCc1ccc2c(c1CC)-c1ccccc1C21C(C)(C)CC1(C)C. The molecule has 2 aliphatic carbocycles. The van der Waals surface area contributed by atoms with E-state index in [1.54, 1.807) is 22.3 Å². The van der Waals surface area contributed by atoms with Crippen LogP contribution >= 0.6 is 0 Å². The van der Waals surface area contributed by atoms with E-state index in [9.17, 15) is 0 Å². The van der Waals surface area contributed by atoms with Crippen LogP contribution in [0.5, 0.6) is 0 Å². The number of hydrogen-bond acceptors (Lipinski definition) is 0. The van der Waals surface area contributed by atoms with E-state index in [0.717, 1.165) is 12.8 Å². The van der Waals surface area contributed by atoms with Crippen molar-refractivity contribution in [1.82, 2.24) is 0 Å². The van der Waals surface area contributed by atoms with E-state index in [2.05, 4.69) is 77.9 Å². The highest BCUT2D eigenvalue weighted by Gasteiger charge is 2.69. The van der Waals surface area contributed by atoms with Gasteiger partial charge in [-0.2, -0.15) is 0 Å². The zero-order chi connectivity index (χ0) is 17.3. The molecule has 1 saturated carbocycles. The molecular formula is C24H30. The molecule has 0 bridgehead atoms. The monoisotopic (exact) mass is 318 g/mol. The number of fused-ring (bicyclic) bond motifs is 5. The number of rotatable bonds is 2. The molecule has 1 fully saturated rings. The molecule has 126 valence electrons. The van der Waals surface area contributed by atoms with Crippen molar-refractivity contribution >= 4 is 0 Å². The molecule has 0 atom stereocenters. The fraction of sp³-hybridized carbons (Fsp3) is 0.500. The summed E-state index contributed by atoms with van der Waals surface area (Å²) in [7, 11) is 0. The molecule has 0 heterocycles. The van der Waals surface area contributed by atoms with Crippen molar-refractivity contribution in [2.75, 3.05) is 0 Å². The first-order valence-electron chi connectivity index (χ1n) is 9.57. The lowest BCUT2D eigenvalue weighted by Crippen LogP contribution is -2.63. The van der Waals surface area contributed by atoms with Gasteiger partial charge in [0, 0.05) is 5.41 Å². The van der Waals surface area contributed by atoms with Gasteiger partial charge < -0.3 is 0 Å². The normalized spacial score (nSPS) is 21.2.